The lowest BCUT2D eigenvalue weighted by Gasteiger charge is -2.36. The summed E-state index contributed by atoms with van der Waals surface area (Å²) in [4.78, 5) is 20.3. The number of benzene rings is 1. The Kier molecular flexibility index (Phi) is 5.72. The van der Waals surface area contributed by atoms with E-state index in [0.717, 1.165) is 35.7 Å². The molecule has 1 saturated heterocycles. The summed E-state index contributed by atoms with van der Waals surface area (Å²) in [6.07, 6.45) is 5.03. The highest BCUT2D eigenvalue weighted by atomic mass is 16.6. The molecule has 0 saturated carbocycles. The predicted octanol–water partition coefficient (Wildman–Crippen LogP) is 2.79. The lowest BCUT2D eigenvalue weighted by molar-refractivity contribution is 0.0240. The summed E-state index contributed by atoms with van der Waals surface area (Å²) in [6.45, 7) is 8.46. The molecule has 0 bridgehead atoms. The van der Waals surface area contributed by atoms with Crippen molar-refractivity contribution in [1.29, 1.82) is 0 Å². The number of hydrogen-bond acceptors (Lipinski definition) is 5. The average molecular weight is 415 g/mol. The van der Waals surface area contributed by atoms with Crippen molar-refractivity contribution in [2.45, 2.75) is 26.4 Å². The average Bonchev–Trinajstić information content (AvgIpc) is 3.15. The van der Waals surface area contributed by atoms with Gasteiger partial charge in [-0.3, -0.25) is 4.98 Å². The van der Waals surface area contributed by atoms with Crippen molar-refractivity contribution in [2.24, 2.45) is 0 Å². The van der Waals surface area contributed by atoms with Crippen LogP contribution < -0.4 is 10.4 Å². The molecule has 1 amide bonds. The number of hydrogen-bond donors (Lipinski definition) is 0. The first-order valence-corrected chi connectivity index (χ1v) is 10.4. The Morgan fingerprint density at radius 1 is 0.968 bits per heavy atom. The number of ether oxygens (including phenoxy) is 1. The molecule has 7 nitrogen and oxygen atoms in total. The van der Waals surface area contributed by atoms with Gasteiger partial charge in [-0.2, -0.15) is 5.10 Å². The Labute approximate surface area is 184 Å². The molecule has 0 N–H and O–H groups in total. The number of pyridine rings is 1. The Morgan fingerprint density at radius 3 is 2.19 bits per heavy atom. The van der Waals surface area contributed by atoms with Gasteiger partial charge >= 0.3 is 6.09 Å². The van der Waals surface area contributed by atoms with Crippen LogP contribution >= 0.6 is 0 Å². The largest absolute Gasteiger partial charge is 0.444 e. The zero-order chi connectivity index (χ0) is 22.0. The third-order valence-corrected chi connectivity index (χ3v) is 5.11. The molecule has 2 aromatic heterocycles. The van der Waals surface area contributed by atoms with Gasteiger partial charge in [0.25, 0.3) is 0 Å². The van der Waals surface area contributed by atoms with Gasteiger partial charge in [-0.05, 0) is 57.2 Å². The molecule has 3 heterocycles. The van der Waals surface area contributed by atoms with Gasteiger partial charge in [-0.15, -0.1) is 0 Å². The Hall–Kier alpha value is -3.29. The predicted molar refractivity (Wildman–Crippen MR) is 122 cm³/mol. The van der Waals surface area contributed by atoms with Crippen LogP contribution in [0.1, 0.15) is 20.8 Å². The van der Waals surface area contributed by atoms with Crippen molar-refractivity contribution < 1.29 is 9.53 Å². The van der Waals surface area contributed by atoms with Crippen LogP contribution in [0.15, 0.2) is 55.0 Å². The standard InChI is InChI=1S/C23H26BN5O2/c1-23(2,3)31-22(30)28-14-12-27(13-15-28)18-4-6-19(7-5-18)29-16-20(24)21(26-29)17-8-10-25-11-9-17/h4-11,16H,12-15H2,1-3H3. The Morgan fingerprint density at radius 2 is 1.58 bits per heavy atom. The Balaban J connectivity index is 1.41. The lowest BCUT2D eigenvalue weighted by Crippen LogP contribution is -2.50. The quantitative estimate of drug-likeness (QED) is 0.616. The molecule has 1 fully saturated rings. The van der Waals surface area contributed by atoms with Gasteiger partial charge in [0.1, 0.15) is 13.4 Å². The van der Waals surface area contributed by atoms with Crippen molar-refractivity contribution >= 4 is 25.1 Å². The van der Waals surface area contributed by atoms with Crippen molar-refractivity contribution in [3.8, 4) is 16.9 Å². The number of piperazine rings is 1. The van der Waals surface area contributed by atoms with Crippen LogP contribution in [-0.4, -0.2) is 65.4 Å². The van der Waals surface area contributed by atoms with Crippen molar-refractivity contribution in [3.63, 3.8) is 0 Å². The maximum Gasteiger partial charge on any atom is 0.410 e. The summed E-state index contributed by atoms with van der Waals surface area (Å²) >= 11 is 0. The minimum atomic E-state index is -0.475. The molecule has 0 spiro atoms. The first kappa shape index (κ1) is 21.0. The molecular weight excluding hydrogens is 389 g/mol. The smallest absolute Gasteiger partial charge is 0.410 e. The van der Waals surface area contributed by atoms with Crippen molar-refractivity contribution in [2.75, 3.05) is 31.1 Å². The molecule has 8 heteroatoms. The van der Waals surface area contributed by atoms with Gasteiger partial charge in [0.15, 0.2) is 0 Å². The van der Waals surface area contributed by atoms with Crippen molar-refractivity contribution in [1.82, 2.24) is 19.7 Å². The number of amides is 1. The minimum Gasteiger partial charge on any atom is -0.444 e. The zero-order valence-corrected chi connectivity index (χ0v) is 18.2. The highest BCUT2D eigenvalue weighted by molar-refractivity contribution is 6.35. The third kappa shape index (κ3) is 4.90. The fourth-order valence-corrected chi connectivity index (χ4v) is 3.54. The fraction of sp³-hybridized carbons (Fsp3) is 0.348. The monoisotopic (exact) mass is 415 g/mol. The maximum absolute atomic E-state index is 12.3. The van der Waals surface area contributed by atoms with Crippen LogP contribution in [0.5, 0.6) is 0 Å². The van der Waals surface area contributed by atoms with Crippen molar-refractivity contribution in [3.05, 3.63) is 55.0 Å². The van der Waals surface area contributed by atoms with Crippen LogP contribution in [0.2, 0.25) is 0 Å². The normalized spacial score (nSPS) is 14.5. The second-order valence-electron chi connectivity index (χ2n) is 8.58. The van der Waals surface area contributed by atoms with E-state index in [1.165, 1.54) is 0 Å². The van der Waals surface area contributed by atoms with E-state index in [9.17, 15) is 4.79 Å². The van der Waals surface area contributed by atoms with E-state index in [4.69, 9.17) is 12.6 Å². The molecule has 1 aliphatic rings. The molecule has 1 aliphatic heterocycles. The SMILES string of the molecule is [B]c1cn(-c2ccc(N3CCN(C(=O)OC(C)(C)C)CC3)cc2)nc1-c1ccncc1. The van der Waals surface area contributed by atoms with Gasteiger partial charge in [-0.1, -0.05) is 5.46 Å². The number of carbonyl (C=O) groups excluding carboxylic acids is 1. The second-order valence-corrected chi connectivity index (χ2v) is 8.58. The van der Waals surface area contributed by atoms with E-state index in [-0.39, 0.29) is 6.09 Å². The second kappa shape index (κ2) is 8.45. The van der Waals surface area contributed by atoms with Crippen LogP contribution in [-0.2, 0) is 4.74 Å². The summed E-state index contributed by atoms with van der Waals surface area (Å²) in [5.41, 5.74) is 3.87. The van der Waals surface area contributed by atoms with Crippen LogP contribution in [0.4, 0.5) is 10.5 Å². The molecule has 0 unspecified atom stereocenters. The van der Waals surface area contributed by atoms with Gasteiger partial charge in [-0.25, -0.2) is 9.48 Å². The van der Waals surface area contributed by atoms with E-state index in [2.05, 4.69) is 27.1 Å². The summed E-state index contributed by atoms with van der Waals surface area (Å²) < 4.78 is 7.26. The summed E-state index contributed by atoms with van der Waals surface area (Å²) in [6, 6.07) is 12.0. The summed E-state index contributed by atoms with van der Waals surface area (Å²) in [5.74, 6) is 0. The number of anilines is 1. The molecule has 3 aromatic rings. The zero-order valence-electron chi connectivity index (χ0n) is 18.2. The van der Waals surface area contributed by atoms with Crippen LogP contribution in [0.25, 0.3) is 16.9 Å². The van der Waals surface area contributed by atoms with Gasteiger partial charge in [0.2, 0.25) is 0 Å². The van der Waals surface area contributed by atoms with E-state index in [1.807, 2.05) is 51.2 Å². The van der Waals surface area contributed by atoms with E-state index in [0.29, 0.717) is 18.6 Å². The van der Waals surface area contributed by atoms with Gasteiger partial charge in [0.05, 0.1) is 11.4 Å². The summed E-state index contributed by atoms with van der Waals surface area (Å²) in [7, 11) is 6.18. The maximum atomic E-state index is 12.3. The number of rotatable bonds is 3. The van der Waals surface area contributed by atoms with E-state index >= 15 is 0 Å². The topological polar surface area (TPSA) is 63.5 Å². The fourth-order valence-electron chi connectivity index (χ4n) is 3.54. The molecule has 158 valence electrons. The first-order chi connectivity index (χ1) is 14.8. The number of carbonyl (C=O) groups is 1. The third-order valence-electron chi connectivity index (χ3n) is 5.11. The molecular formula is C23H26BN5O2. The molecule has 0 atom stereocenters. The molecule has 4 rings (SSSR count). The number of aromatic nitrogens is 3. The Bertz CT molecular complexity index is 1040. The molecule has 2 radical (unpaired) electrons. The summed E-state index contributed by atoms with van der Waals surface area (Å²) in [5, 5.41) is 4.64. The van der Waals surface area contributed by atoms with Crippen LogP contribution in [0, 0.1) is 0 Å². The van der Waals surface area contributed by atoms with E-state index < -0.39 is 5.60 Å². The van der Waals surface area contributed by atoms with Gasteiger partial charge < -0.3 is 14.5 Å². The molecule has 1 aromatic carbocycles. The molecule has 0 aliphatic carbocycles. The van der Waals surface area contributed by atoms with Gasteiger partial charge in [0, 0.05) is 56.0 Å². The number of nitrogens with zero attached hydrogens (tertiary/aromatic N) is 5. The molecule has 31 heavy (non-hydrogen) atoms. The van der Waals surface area contributed by atoms with E-state index in [1.54, 1.807) is 22.0 Å². The minimum absolute atomic E-state index is 0.247. The highest BCUT2D eigenvalue weighted by Crippen LogP contribution is 2.21. The first-order valence-electron chi connectivity index (χ1n) is 10.4. The van der Waals surface area contributed by atoms with Crippen LogP contribution in [0.3, 0.4) is 0 Å². The highest BCUT2D eigenvalue weighted by Gasteiger charge is 2.26. The lowest BCUT2D eigenvalue weighted by atomic mass is 9.94.